The fourth-order valence-corrected chi connectivity index (χ4v) is 5.11. The van der Waals surface area contributed by atoms with Crippen molar-refractivity contribution in [2.24, 2.45) is 5.92 Å². The molecule has 1 aliphatic rings. The minimum atomic E-state index is -4.88. The smallest absolute Gasteiger partial charge is 0.416 e. The summed E-state index contributed by atoms with van der Waals surface area (Å²) in [7, 11) is 0. The molecule has 2 aromatic carbocycles. The maximum Gasteiger partial charge on any atom is 0.416 e. The van der Waals surface area contributed by atoms with Gasteiger partial charge in [-0.25, -0.2) is 14.2 Å². The Bertz CT molecular complexity index is 1540. The fraction of sp³-hybridized carbons (Fsp3) is 0.167. The van der Waals surface area contributed by atoms with E-state index in [4.69, 9.17) is 51.5 Å². The average Bonchev–Trinajstić information content (AvgIpc) is 3.42. The van der Waals surface area contributed by atoms with Crippen molar-refractivity contribution in [2.75, 3.05) is 16.0 Å². The molecular formula is C24H14Cl4F4N4O4. The summed E-state index contributed by atoms with van der Waals surface area (Å²) in [6.07, 6.45) is -6.55. The van der Waals surface area contributed by atoms with Crippen LogP contribution in [0, 0.1) is 11.7 Å². The largest absolute Gasteiger partial charge is 0.465 e. The Balaban J connectivity index is 1.54. The highest BCUT2D eigenvalue weighted by Crippen LogP contribution is 2.65. The third-order valence-electron chi connectivity index (χ3n) is 5.75. The molecule has 1 saturated carbocycles. The maximum absolute atomic E-state index is 13.5. The third kappa shape index (κ3) is 6.35. The van der Waals surface area contributed by atoms with Crippen molar-refractivity contribution in [1.82, 2.24) is 4.98 Å². The van der Waals surface area contributed by atoms with Gasteiger partial charge >= 0.3 is 12.3 Å². The predicted molar refractivity (Wildman–Crippen MR) is 141 cm³/mol. The molecule has 16 heteroatoms. The summed E-state index contributed by atoms with van der Waals surface area (Å²) in [5.74, 6) is -5.32. The number of carboxylic acid groups (broad SMARTS) is 1. The van der Waals surface area contributed by atoms with E-state index in [1.54, 1.807) is 5.32 Å². The summed E-state index contributed by atoms with van der Waals surface area (Å²) in [5.41, 5.74) is -1.04. The Morgan fingerprint density at radius 1 is 0.900 bits per heavy atom. The van der Waals surface area contributed by atoms with Crippen LogP contribution in [0.4, 0.5) is 39.7 Å². The minimum absolute atomic E-state index is 0.0664. The number of hydrogen-bond acceptors (Lipinski definition) is 4. The van der Waals surface area contributed by atoms with Crippen LogP contribution in [-0.2, 0) is 11.0 Å². The van der Waals surface area contributed by atoms with Crippen molar-refractivity contribution in [3.05, 3.63) is 81.1 Å². The molecule has 0 unspecified atom stereocenters. The molecule has 0 spiro atoms. The second kappa shape index (κ2) is 10.9. The van der Waals surface area contributed by atoms with Gasteiger partial charge in [-0.05, 0) is 48.0 Å². The molecule has 3 amide bonds. The zero-order valence-corrected chi connectivity index (χ0v) is 22.4. The van der Waals surface area contributed by atoms with Crippen LogP contribution in [0.1, 0.15) is 27.4 Å². The maximum atomic E-state index is 13.5. The number of pyridine rings is 1. The highest BCUT2D eigenvalue weighted by molar-refractivity contribution is 6.53. The summed E-state index contributed by atoms with van der Waals surface area (Å²) in [6, 6.07) is 8.51. The number of alkyl halides is 5. The first-order chi connectivity index (χ1) is 18.6. The number of nitrogens with zero attached hydrogens (tertiary/aromatic N) is 1. The lowest BCUT2D eigenvalue weighted by Gasteiger charge is -2.13. The molecule has 1 aromatic heterocycles. The molecule has 8 nitrogen and oxygen atoms in total. The average molecular weight is 640 g/mol. The van der Waals surface area contributed by atoms with Gasteiger partial charge in [0.25, 0.3) is 5.91 Å². The Morgan fingerprint density at radius 3 is 2.15 bits per heavy atom. The number of nitrogens with one attached hydrogen (secondary N) is 3. The minimum Gasteiger partial charge on any atom is -0.465 e. The van der Waals surface area contributed by atoms with Gasteiger partial charge in [-0.1, -0.05) is 29.3 Å². The van der Waals surface area contributed by atoms with Crippen LogP contribution in [0.3, 0.4) is 0 Å². The van der Waals surface area contributed by atoms with E-state index < -0.39 is 63.3 Å². The second-order valence-corrected chi connectivity index (χ2v) is 10.8. The van der Waals surface area contributed by atoms with Gasteiger partial charge < -0.3 is 15.7 Å². The number of hydrogen-bond donors (Lipinski definition) is 4. The van der Waals surface area contributed by atoms with Crippen molar-refractivity contribution < 1.29 is 37.1 Å². The summed E-state index contributed by atoms with van der Waals surface area (Å²) in [5, 5.41) is 14.9. The van der Waals surface area contributed by atoms with E-state index in [0.717, 1.165) is 12.1 Å². The normalized spacial score (nSPS) is 17.6. The first-order valence-corrected chi connectivity index (χ1v) is 12.4. The zero-order chi connectivity index (χ0) is 29.6. The Kier molecular flexibility index (Phi) is 8.10. The number of benzene rings is 2. The zero-order valence-electron chi connectivity index (χ0n) is 19.4. The van der Waals surface area contributed by atoms with Crippen molar-refractivity contribution >= 4 is 81.6 Å². The van der Waals surface area contributed by atoms with Crippen molar-refractivity contribution in [2.45, 2.75) is 16.4 Å². The van der Waals surface area contributed by atoms with Gasteiger partial charge in [-0.3, -0.25) is 14.9 Å². The van der Waals surface area contributed by atoms with Crippen LogP contribution in [0.25, 0.3) is 0 Å². The molecule has 4 rings (SSSR count). The number of halogens is 8. The van der Waals surface area contributed by atoms with E-state index in [9.17, 15) is 31.9 Å². The molecule has 0 radical (unpaired) electrons. The summed E-state index contributed by atoms with van der Waals surface area (Å²) in [6.45, 7) is 0. The standard InChI is InChI=1S/C24H14Cl4F4N4O4/c25-13-3-2-11(33-21(38)19-18(23(19,27)28)9-1-4-15(29)14(26)5-9)8-12(13)20(37)35-16-6-10(24(30,31)32)7-17(34-16)36-22(39)40/h1-8,18-19H,(H,33,38)(H,39,40)(H2,34,35,36,37)/t18-,19+/m0/s1. The van der Waals surface area contributed by atoms with Gasteiger partial charge in [0, 0.05) is 11.6 Å². The van der Waals surface area contributed by atoms with E-state index in [1.165, 1.54) is 24.3 Å². The summed E-state index contributed by atoms with van der Waals surface area (Å²) >= 11 is 24.5. The monoisotopic (exact) mass is 638 g/mol. The Morgan fingerprint density at radius 2 is 1.55 bits per heavy atom. The van der Waals surface area contributed by atoms with Crippen LogP contribution >= 0.6 is 46.4 Å². The number of amides is 3. The van der Waals surface area contributed by atoms with Gasteiger partial charge in [-0.2, -0.15) is 13.2 Å². The molecule has 1 heterocycles. The number of carbonyl (C=O) groups excluding carboxylic acids is 2. The predicted octanol–water partition coefficient (Wildman–Crippen LogP) is 7.41. The number of rotatable bonds is 6. The Hall–Kier alpha value is -3.32. The molecule has 210 valence electrons. The molecule has 4 N–H and O–H groups in total. The lowest BCUT2D eigenvalue weighted by atomic mass is 10.1. The highest BCUT2D eigenvalue weighted by atomic mass is 35.5. The first kappa shape index (κ1) is 29.7. The molecule has 1 fully saturated rings. The molecule has 0 bridgehead atoms. The molecular weight excluding hydrogens is 626 g/mol. The van der Waals surface area contributed by atoms with Gasteiger partial charge in [0.05, 0.1) is 27.1 Å². The summed E-state index contributed by atoms with van der Waals surface area (Å²) < 4.78 is 51.8. The molecule has 2 atom stereocenters. The fourth-order valence-electron chi connectivity index (χ4n) is 3.89. The van der Waals surface area contributed by atoms with Crippen LogP contribution in [0.5, 0.6) is 0 Å². The molecule has 1 aliphatic carbocycles. The SMILES string of the molecule is O=C(O)Nc1cc(C(F)(F)F)cc(NC(=O)c2cc(NC(=O)[C@H]3[C@H](c4ccc(F)c(Cl)c4)C3(Cl)Cl)ccc2Cl)n1. The van der Waals surface area contributed by atoms with E-state index >= 15 is 0 Å². The van der Waals surface area contributed by atoms with Gasteiger partial charge in [0.2, 0.25) is 5.91 Å². The van der Waals surface area contributed by atoms with Crippen LogP contribution in [0.2, 0.25) is 10.0 Å². The quantitative estimate of drug-likeness (QED) is 0.165. The lowest BCUT2D eigenvalue weighted by Crippen LogP contribution is -2.19. The van der Waals surface area contributed by atoms with Gasteiger partial charge in [-0.15, -0.1) is 23.2 Å². The second-order valence-electron chi connectivity index (χ2n) is 8.50. The number of aromatic nitrogens is 1. The molecule has 0 saturated heterocycles. The first-order valence-electron chi connectivity index (χ1n) is 10.9. The summed E-state index contributed by atoms with van der Waals surface area (Å²) in [4.78, 5) is 40.3. The van der Waals surface area contributed by atoms with Crippen LogP contribution in [0.15, 0.2) is 48.5 Å². The van der Waals surface area contributed by atoms with Crippen molar-refractivity contribution in [3.8, 4) is 0 Å². The Labute approximate surface area is 242 Å². The topological polar surface area (TPSA) is 120 Å². The van der Waals surface area contributed by atoms with Gasteiger partial charge in [0.1, 0.15) is 21.8 Å². The van der Waals surface area contributed by atoms with E-state index in [2.05, 4.69) is 15.6 Å². The highest BCUT2D eigenvalue weighted by Gasteiger charge is 2.67. The van der Waals surface area contributed by atoms with Crippen LogP contribution in [-0.4, -0.2) is 32.3 Å². The third-order valence-corrected chi connectivity index (χ3v) is 7.31. The van der Waals surface area contributed by atoms with E-state index in [-0.39, 0.29) is 21.3 Å². The number of anilines is 3. The van der Waals surface area contributed by atoms with E-state index in [1.807, 2.05) is 0 Å². The molecule has 0 aliphatic heterocycles. The van der Waals surface area contributed by atoms with Crippen LogP contribution < -0.4 is 16.0 Å². The van der Waals surface area contributed by atoms with Crippen molar-refractivity contribution in [3.63, 3.8) is 0 Å². The van der Waals surface area contributed by atoms with E-state index in [0.29, 0.717) is 17.7 Å². The molecule has 3 aromatic rings. The van der Waals surface area contributed by atoms with Crippen molar-refractivity contribution in [1.29, 1.82) is 0 Å². The number of carbonyl (C=O) groups is 3. The molecule has 40 heavy (non-hydrogen) atoms. The van der Waals surface area contributed by atoms with Gasteiger partial charge in [0.15, 0.2) is 0 Å². The lowest BCUT2D eigenvalue weighted by molar-refractivity contribution is -0.137.